The molecule has 152 valence electrons. The van der Waals surface area contributed by atoms with Gasteiger partial charge in [-0.3, -0.25) is 9.59 Å². The van der Waals surface area contributed by atoms with E-state index in [2.05, 4.69) is 16.0 Å². The summed E-state index contributed by atoms with van der Waals surface area (Å²) < 4.78 is 0. The molecule has 0 heterocycles. The van der Waals surface area contributed by atoms with Crippen LogP contribution in [0.15, 0.2) is 60.7 Å². The fourth-order valence-corrected chi connectivity index (χ4v) is 2.55. The molecule has 0 aliphatic rings. The molecular weight excluding hydrogens is 417 g/mol. The number of rotatable bonds is 9. The molecule has 2 aromatic rings. The number of carboxylic acid groups (broad SMARTS) is 2. The Morgan fingerprint density at radius 3 is 1.97 bits per heavy atom. The number of amides is 3. The predicted molar refractivity (Wildman–Crippen MR) is 102 cm³/mol. The molecule has 10 heteroatoms. The van der Waals surface area contributed by atoms with E-state index >= 15 is 0 Å². The third-order valence-corrected chi connectivity index (χ3v) is 3.92. The first-order valence-corrected chi connectivity index (χ1v) is 8.74. The summed E-state index contributed by atoms with van der Waals surface area (Å²) in [6.07, 6.45) is -0.774. The van der Waals surface area contributed by atoms with E-state index < -0.39 is 42.4 Å². The molecule has 2 aromatic carbocycles. The number of nitrogens with one attached hydrogen (secondary N) is 3. The van der Waals surface area contributed by atoms with Crippen LogP contribution in [0, 0.1) is 0 Å². The number of hydrogen-bond donors (Lipinski definition) is 4. The Balaban J connectivity index is 0.00000450. The zero-order valence-electron chi connectivity index (χ0n) is 16.3. The molecule has 0 bridgehead atoms. The number of carboxylic acids is 2. The fraction of sp³-hybridized carbons (Fsp3) is 0.200. The molecule has 0 aromatic heterocycles. The van der Waals surface area contributed by atoms with Crippen LogP contribution in [0.1, 0.15) is 12.0 Å². The molecule has 3 amide bonds. The molecule has 4 N–H and O–H groups in total. The van der Waals surface area contributed by atoms with Crippen molar-refractivity contribution in [3.63, 3.8) is 0 Å². The second-order valence-electron chi connectivity index (χ2n) is 6.18. The first-order chi connectivity index (χ1) is 13.8. The van der Waals surface area contributed by atoms with Crippen LogP contribution in [0.3, 0.4) is 0 Å². The molecule has 0 saturated carbocycles. The van der Waals surface area contributed by atoms with Crippen molar-refractivity contribution in [1.82, 2.24) is 10.6 Å². The summed E-state index contributed by atoms with van der Waals surface area (Å²) in [7, 11) is 0. The van der Waals surface area contributed by atoms with Crippen molar-refractivity contribution in [3.05, 3.63) is 66.2 Å². The van der Waals surface area contributed by atoms with Gasteiger partial charge in [-0.25, -0.2) is 4.79 Å². The number of aliphatic carboxylic acids is 2. The topological polar surface area (TPSA) is 148 Å². The van der Waals surface area contributed by atoms with Crippen LogP contribution < -0.4 is 72.4 Å². The van der Waals surface area contributed by atoms with E-state index in [1.54, 1.807) is 60.7 Å². The van der Waals surface area contributed by atoms with Crippen molar-refractivity contribution >= 4 is 29.6 Å². The molecule has 0 aliphatic carbocycles. The van der Waals surface area contributed by atoms with Gasteiger partial charge in [-0.05, 0) is 24.1 Å². The summed E-state index contributed by atoms with van der Waals surface area (Å²) in [5.41, 5.74) is 1.09. The number of carbonyl (C=O) groups excluding carboxylic acids is 3. The van der Waals surface area contributed by atoms with E-state index in [0.29, 0.717) is 11.3 Å². The SMILES string of the molecule is O=C(O)C[C@H](NC(=O)Nc1ccccc1)C(=O)N[C@@H](Cc1ccccc1)C(=O)[O-].[K+]. The number of anilines is 1. The first-order valence-electron chi connectivity index (χ1n) is 8.74. The summed E-state index contributed by atoms with van der Waals surface area (Å²) in [6, 6.07) is 13.2. The van der Waals surface area contributed by atoms with E-state index in [4.69, 9.17) is 5.11 Å². The predicted octanol–water partition coefficient (Wildman–Crippen LogP) is -2.87. The quantitative estimate of drug-likeness (QED) is 0.310. The van der Waals surface area contributed by atoms with E-state index in [-0.39, 0.29) is 57.8 Å². The third kappa shape index (κ3) is 9.05. The standard InChI is InChI=1S/C20H21N3O6.K/c24-17(25)12-15(23-20(29)21-14-9-5-2-6-10-14)18(26)22-16(19(27)28)11-13-7-3-1-4-8-13;/h1-10,15-16H,11-12H2,(H,22,26)(H,24,25)(H,27,28)(H2,21,23,29);/q;+1/p-1/t15-,16-;/m0./s1. The summed E-state index contributed by atoms with van der Waals surface area (Å²) in [5, 5.41) is 27.4. The second kappa shape index (κ2) is 13.1. The van der Waals surface area contributed by atoms with E-state index in [9.17, 15) is 24.3 Å². The van der Waals surface area contributed by atoms with Crippen molar-refractivity contribution in [2.75, 3.05) is 5.32 Å². The van der Waals surface area contributed by atoms with Crippen LogP contribution in [-0.4, -0.2) is 41.1 Å². The molecule has 2 atom stereocenters. The Bertz CT molecular complexity index is 863. The van der Waals surface area contributed by atoms with Crippen molar-refractivity contribution in [2.24, 2.45) is 0 Å². The second-order valence-corrected chi connectivity index (χ2v) is 6.18. The number of benzene rings is 2. The average molecular weight is 437 g/mol. The fourth-order valence-electron chi connectivity index (χ4n) is 2.55. The van der Waals surface area contributed by atoms with E-state index in [0.717, 1.165) is 0 Å². The maximum atomic E-state index is 12.5. The molecule has 0 radical (unpaired) electrons. The average Bonchev–Trinajstić information content (AvgIpc) is 2.68. The Hall–Kier alpha value is -2.24. The Morgan fingerprint density at radius 1 is 0.867 bits per heavy atom. The van der Waals surface area contributed by atoms with Crippen molar-refractivity contribution in [3.8, 4) is 0 Å². The summed E-state index contributed by atoms with van der Waals surface area (Å²) in [6.45, 7) is 0. The van der Waals surface area contributed by atoms with Crippen molar-refractivity contribution in [1.29, 1.82) is 0 Å². The zero-order valence-corrected chi connectivity index (χ0v) is 19.5. The van der Waals surface area contributed by atoms with E-state index in [1.165, 1.54) is 0 Å². The largest absolute Gasteiger partial charge is 1.00 e. The Morgan fingerprint density at radius 2 is 1.43 bits per heavy atom. The Kier molecular flexibility index (Phi) is 11.3. The molecule has 9 nitrogen and oxygen atoms in total. The van der Waals surface area contributed by atoms with Gasteiger partial charge in [0.2, 0.25) is 5.91 Å². The van der Waals surface area contributed by atoms with Crippen LogP contribution in [0.2, 0.25) is 0 Å². The van der Waals surface area contributed by atoms with Crippen molar-refractivity contribution < 1.29 is 80.8 Å². The van der Waals surface area contributed by atoms with Gasteiger partial charge in [0.25, 0.3) is 0 Å². The van der Waals surface area contributed by atoms with Gasteiger partial charge in [0.1, 0.15) is 6.04 Å². The van der Waals surface area contributed by atoms with E-state index in [1.807, 2.05) is 0 Å². The van der Waals surface area contributed by atoms with Crippen LogP contribution in [0.4, 0.5) is 10.5 Å². The normalized spacial score (nSPS) is 11.9. The maximum absolute atomic E-state index is 12.5. The van der Waals surface area contributed by atoms with Crippen molar-refractivity contribution in [2.45, 2.75) is 24.9 Å². The van der Waals surface area contributed by atoms with Gasteiger partial charge in [0, 0.05) is 5.69 Å². The molecule has 0 aliphatic heterocycles. The van der Waals surface area contributed by atoms with Crippen LogP contribution >= 0.6 is 0 Å². The molecule has 30 heavy (non-hydrogen) atoms. The van der Waals surface area contributed by atoms with Crippen LogP contribution in [0.5, 0.6) is 0 Å². The molecule has 0 unspecified atom stereocenters. The number of para-hydroxylation sites is 1. The van der Waals surface area contributed by atoms with Gasteiger partial charge in [-0.1, -0.05) is 48.5 Å². The molecular formula is C20H20KN3O6. The van der Waals surface area contributed by atoms with Gasteiger partial charge < -0.3 is 31.0 Å². The minimum Gasteiger partial charge on any atom is -0.548 e. The van der Waals surface area contributed by atoms with Crippen LogP contribution in [0.25, 0.3) is 0 Å². The molecule has 2 rings (SSSR count). The van der Waals surface area contributed by atoms with Gasteiger partial charge >= 0.3 is 63.4 Å². The number of hydrogen-bond acceptors (Lipinski definition) is 5. The smallest absolute Gasteiger partial charge is 0.548 e. The van der Waals surface area contributed by atoms with Crippen LogP contribution in [-0.2, 0) is 20.8 Å². The first kappa shape index (κ1) is 25.8. The third-order valence-electron chi connectivity index (χ3n) is 3.92. The van der Waals surface area contributed by atoms with Gasteiger partial charge in [0.15, 0.2) is 0 Å². The van der Waals surface area contributed by atoms with Gasteiger partial charge in [-0.2, -0.15) is 0 Å². The maximum Gasteiger partial charge on any atom is 1.00 e. The summed E-state index contributed by atoms with van der Waals surface area (Å²) in [4.78, 5) is 47.0. The van der Waals surface area contributed by atoms with Gasteiger partial charge in [0.05, 0.1) is 18.4 Å². The zero-order chi connectivity index (χ0) is 21.2. The monoisotopic (exact) mass is 437 g/mol. The molecule has 0 spiro atoms. The number of carbonyl (C=O) groups is 4. The molecule has 0 saturated heterocycles. The number of urea groups is 1. The minimum atomic E-state index is -1.52. The Labute approximate surface area is 215 Å². The minimum absolute atomic E-state index is 0. The summed E-state index contributed by atoms with van der Waals surface area (Å²) in [5.74, 6) is -3.80. The summed E-state index contributed by atoms with van der Waals surface area (Å²) >= 11 is 0. The molecule has 0 fully saturated rings. The van der Waals surface area contributed by atoms with Gasteiger partial charge in [-0.15, -0.1) is 0 Å².